The molecule has 0 unspecified atom stereocenters. The summed E-state index contributed by atoms with van der Waals surface area (Å²) in [7, 11) is 0. The van der Waals surface area contributed by atoms with E-state index in [0.717, 1.165) is 12.8 Å². The van der Waals surface area contributed by atoms with Gasteiger partial charge in [0, 0.05) is 22.3 Å². The highest BCUT2D eigenvalue weighted by molar-refractivity contribution is 5.96. The predicted octanol–water partition coefficient (Wildman–Crippen LogP) is 4.98. The second-order valence-corrected chi connectivity index (χ2v) is 5.44. The second-order valence-electron chi connectivity index (χ2n) is 5.44. The fraction of sp³-hybridized carbons (Fsp3) is 0.158. The lowest BCUT2D eigenvalue weighted by Crippen LogP contribution is -2.04. The zero-order valence-corrected chi connectivity index (χ0v) is 11.6. The number of para-hydroxylation sites is 2. The molecule has 3 aromatic rings. The van der Waals surface area contributed by atoms with Crippen molar-refractivity contribution in [1.82, 2.24) is 4.57 Å². The molecule has 4 rings (SSSR count). The standard InChI is InChI=1S/C19H17N/c1-14-8-7-13-18-19(14)16-11-5-6-12-17(16)20(18)15-9-3-2-4-10-15/h2-6,8-12H,7,13H2,1H3. The van der Waals surface area contributed by atoms with E-state index in [1.165, 1.54) is 33.4 Å². The molecule has 0 radical (unpaired) electrons. The lowest BCUT2D eigenvalue weighted by molar-refractivity contribution is 0.883. The largest absolute Gasteiger partial charge is 0.313 e. The van der Waals surface area contributed by atoms with E-state index >= 15 is 0 Å². The minimum absolute atomic E-state index is 1.12. The molecular weight excluding hydrogens is 242 g/mol. The minimum atomic E-state index is 1.12. The van der Waals surface area contributed by atoms with Crippen molar-refractivity contribution < 1.29 is 0 Å². The first-order valence-electron chi connectivity index (χ1n) is 7.21. The molecule has 1 aliphatic carbocycles. The van der Waals surface area contributed by atoms with Crippen molar-refractivity contribution in [1.29, 1.82) is 0 Å². The van der Waals surface area contributed by atoms with Crippen LogP contribution in [0.15, 0.2) is 60.7 Å². The van der Waals surface area contributed by atoms with Crippen LogP contribution < -0.4 is 0 Å². The number of nitrogens with zero attached hydrogens (tertiary/aromatic N) is 1. The van der Waals surface area contributed by atoms with Gasteiger partial charge in [-0.3, -0.25) is 0 Å². The lowest BCUT2D eigenvalue weighted by Gasteiger charge is -2.15. The van der Waals surface area contributed by atoms with Crippen molar-refractivity contribution in [3.05, 3.63) is 71.9 Å². The summed E-state index contributed by atoms with van der Waals surface area (Å²) in [4.78, 5) is 0. The van der Waals surface area contributed by atoms with Gasteiger partial charge in [-0.2, -0.15) is 0 Å². The third kappa shape index (κ3) is 1.56. The van der Waals surface area contributed by atoms with Crippen LogP contribution in [0.5, 0.6) is 0 Å². The smallest absolute Gasteiger partial charge is 0.0537 e. The first kappa shape index (κ1) is 11.5. The molecule has 1 nitrogen and oxygen atoms in total. The second kappa shape index (κ2) is 4.38. The van der Waals surface area contributed by atoms with Crippen molar-refractivity contribution in [2.75, 3.05) is 0 Å². The number of allylic oxidation sites excluding steroid dienone is 2. The fourth-order valence-corrected chi connectivity index (χ4v) is 3.37. The van der Waals surface area contributed by atoms with Crippen LogP contribution in [0.2, 0.25) is 0 Å². The molecule has 0 spiro atoms. The van der Waals surface area contributed by atoms with E-state index in [2.05, 4.69) is 72.2 Å². The quantitative estimate of drug-likeness (QED) is 0.581. The Morgan fingerprint density at radius 3 is 2.50 bits per heavy atom. The molecule has 1 aromatic heterocycles. The molecule has 0 amide bonds. The first-order chi connectivity index (χ1) is 9.86. The average Bonchev–Trinajstić information content (AvgIpc) is 2.84. The topological polar surface area (TPSA) is 4.93 Å². The molecule has 0 fully saturated rings. The van der Waals surface area contributed by atoms with Crippen LogP contribution in [-0.2, 0) is 6.42 Å². The number of hydrogen-bond acceptors (Lipinski definition) is 0. The molecule has 0 aliphatic heterocycles. The summed E-state index contributed by atoms with van der Waals surface area (Å²) < 4.78 is 2.43. The van der Waals surface area contributed by atoms with Gasteiger partial charge < -0.3 is 4.57 Å². The third-order valence-corrected chi connectivity index (χ3v) is 4.21. The molecule has 0 atom stereocenters. The minimum Gasteiger partial charge on any atom is -0.313 e. The number of fused-ring (bicyclic) bond motifs is 3. The van der Waals surface area contributed by atoms with E-state index in [1.54, 1.807) is 0 Å². The molecule has 0 saturated carbocycles. The van der Waals surface area contributed by atoms with Crippen LogP contribution in [0.1, 0.15) is 24.6 Å². The van der Waals surface area contributed by atoms with Gasteiger partial charge in [-0.25, -0.2) is 0 Å². The zero-order chi connectivity index (χ0) is 13.5. The van der Waals surface area contributed by atoms with Crippen molar-refractivity contribution in [3.8, 4) is 5.69 Å². The monoisotopic (exact) mass is 259 g/mol. The maximum absolute atomic E-state index is 2.43. The zero-order valence-electron chi connectivity index (χ0n) is 11.6. The molecule has 0 N–H and O–H groups in total. The highest BCUT2D eigenvalue weighted by Gasteiger charge is 2.20. The summed E-state index contributed by atoms with van der Waals surface area (Å²) in [6.07, 6.45) is 4.63. The van der Waals surface area contributed by atoms with Gasteiger partial charge in [-0.05, 0) is 43.5 Å². The molecule has 1 aliphatic rings. The van der Waals surface area contributed by atoms with E-state index in [0.29, 0.717) is 0 Å². The number of benzene rings is 2. The van der Waals surface area contributed by atoms with Gasteiger partial charge in [-0.1, -0.05) is 42.5 Å². The van der Waals surface area contributed by atoms with Gasteiger partial charge in [0.2, 0.25) is 0 Å². The average molecular weight is 259 g/mol. The summed E-state index contributed by atoms with van der Waals surface area (Å²) in [5.41, 5.74) is 6.89. The summed E-state index contributed by atoms with van der Waals surface area (Å²) in [5, 5.41) is 1.37. The van der Waals surface area contributed by atoms with Crippen LogP contribution in [0.4, 0.5) is 0 Å². The van der Waals surface area contributed by atoms with Crippen LogP contribution in [0, 0.1) is 0 Å². The SMILES string of the molecule is CC1=CCCc2c1c1ccccc1n2-c1ccccc1. The van der Waals surface area contributed by atoms with E-state index < -0.39 is 0 Å². The Bertz CT molecular complexity index is 806. The molecular formula is C19H17N. The molecule has 1 heteroatoms. The third-order valence-electron chi connectivity index (χ3n) is 4.21. The normalized spacial score (nSPS) is 14.2. The van der Waals surface area contributed by atoms with Crippen molar-refractivity contribution in [2.45, 2.75) is 19.8 Å². The highest BCUT2D eigenvalue weighted by atomic mass is 15.0. The van der Waals surface area contributed by atoms with E-state index in [-0.39, 0.29) is 0 Å². The van der Waals surface area contributed by atoms with Crippen molar-refractivity contribution >= 4 is 16.5 Å². The molecule has 98 valence electrons. The Balaban J connectivity index is 2.14. The highest BCUT2D eigenvalue weighted by Crippen LogP contribution is 2.37. The Morgan fingerprint density at radius 1 is 0.900 bits per heavy atom. The Labute approximate surface area is 119 Å². The molecule has 0 bridgehead atoms. The maximum atomic E-state index is 2.43. The number of aromatic nitrogens is 1. The summed E-state index contributed by atoms with van der Waals surface area (Å²) in [6.45, 7) is 2.24. The van der Waals surface area contributed by atoms with Crippen molar-refractivity contribution in [3.63, 3.8) is 0 Å². The van der Waals surface area contributed by atoms with Gasteiger partial charge in [0.25, 0.3) is 0 Å². The Kier molecular flexibility index (Phi) is 2.53. The maximum Gasteiger partial charge on any atom is 0.0537 e. The van der Waals surface area contributed by atoms with Gasteiger partial charge in [0.15, 0.2) is 0 Å². The molecule has 0 saturated heterocycles. The van der Waals surface area contributed by atoms with Crippen LogP contribution in [-0.4, -0.2) is 4.57 Å². The predicted molar refractivity (Wildman–Crippen MR) is 85.2 cm³/mol. The van der Waals surface area contributed by atoms with Gasteiger partial charge in [0.05, 0.1) is 5.52 Å². The van der Waals surface area contributed by atoms with E-state index in [9.17, 15) is 0 Å². The van der Waals surface area contributed by atoms with E-state index in [4.69, 9.17) is 0 Å². The van der Waals surface area contributed by atoms with Gasteiger partial charge in [0.1, 0.15) is 0 Å². The van der Waals surface area contributed by atoms with Gasteiger partial charge in [-0.15, -0.1) is 0 Å². The molecule has 1 heterocycles. The summed E-state index contributed by atoms with van der Waals surface area (Å²) in [5.74, 6) is 0. The Morgan fingerprint density at radius 2 is 1.65 bits per heavy atom. The molecule has 2 aromatic carbocycles. The summed E-state index contributed by atoms with van der Waals surface area (Å²) in [6, 6.07) is 19.4. The summed E-state index contributed by atoms with van der Waals surface area (Å²) >= 11 is 0. The first-order valence-corrected chi connectivity index (χ1v) is 7.21. The number of hydrogen-bond donors (Lipinski definition) is 0. The van der Waals surface area contributed by atoms with Crippen LogP contribution in [0.3, 0.4) is 0 Å². The van der Waals surface area contributed by atoms with Gasteiger partial charge >= 0.3 is 0 Å². The Hall–Kier alpha value is -2.28. The number of rotatable bonds is 1. The van der Waals surface area contributed by atoms with E-state index in [1.807, 2.05) is 0 Å². The lowest BCUT2D eigenvalue weighted by atomic mass is 9.95. The van der Waals surface area contributed by atoms with Crippen LogP contribution >= 0.6 is 0 Å². The van der Waals surface area contributed by atoms with Crippen LogP contribution in [0.25, 0.3) is 22.2 Å². The molecule has 20 heavy (non-hydrogen) atoms. The van der Waals surface area contributed by atoms with Crippen molar-refractivity contribution in [2.24, 2.45) is 0 Å². The fourth-order valence-electron chi connectivity index (χ4n) is 3.37.